The Balaban J connectivity index is 1.54. The van der Waals surface area contributed by atoms with Gasteiger partial charge in [0.25, 0.3) is 5.91 Å². The summed E-state index contributed by atoms with van der Waals surface area (Å²) in [5.74, 6) is -2.88. The first-order valence-electron chi connectivity index (χ1n) is 11.5. The van der Waals surface area contributed by atoms with Gasteiger partial charge in [-0.2, -0.15) is 0 Å². The Morgan fingerprint density at radius 1 is 1.39 bits per heavy atom. The summed E-state index contributed by atoms with van der Waals surface area (Å²) in [6.45, 7) is 2.18. The molecule has 1 aromatic heterocycles. The number of aliphatic hydroxyl groups is 1. The third-order valence-electron chi connectivity index (χ3n) is 6.91. The molecule has 2 aliphatic rings. The van der Waals surface area contributed by atoms with Crippen LogP contribution >= 0.6 is 11.3 Å². The van der Waals surface area contributed by atoms with E-state index in [0.717, 1.165) is 37.3 Å². The minimum atomic E-state index is -1.56. The van der Waals surface area contributed by atoms with Gasteiger partial charge in [0.1, 0.15) is 18.0 Å². The first kappa shape index (κ1) is 25.9. The number of quaternary nitrogens is 1. The first-order chi connectivity index (χ1) is 17.1. The molecule has 12 nitrogen and oxygen atoms in total. The number of likely N-dealkylation sites (tertiary alicyclic amines) is 1. The molecule has 6 N–H and O–H groups in total. The summed E-state index contributed by atoms with van der Waals surface area (Å²) >= 11 is 1.07. The van der Waals surface area contributed by atoms with Crippen LogP contribution in [-0.2, 0) is 17.8 Å². The summed E-state index contributed by atoms with van der Waals surface area (Å²) in [6, 6.07) is 3.43. The van der Waals surface area contributed by atoms with Crippen molar-refractivity contribution >= 4 is 41.2 Å². The number of oxime groups is 1. The molecule has 2 aliphatic heterocycles. The molecule has 14 heteroatoms. The molecule has 1 amide bonds. The van der Waals surface area contributed by atoms with E-state index in [2.05, 4.69) is 15.5 Å². The zero-order valence-corrected chi connectivity index (χ0v) is 20.5. The van der Waals surface area contributed by atoms with Crippen molar-refractivity contribution in [3.05, 3.63) is 39.9 Å². The third-order valence-corrected chi connectivity index (χ3v) is 7.59. The second-order valence-electron chi connectivity index (χ2n) is 9.54. The van der Waals surface area contributed by atoms with Crippen molar-refractivity contribution in [1.29, 1.82) is 0 Å². The fraction of sp³-hybridized carbons (Fsp3) is 0.455. The highest BCUT2D eigenvalue weighted by molar-refractivity contribution is 7.13. The number of carboxylic acid groups (broad SMARTS) is 1. The number of nitrogens with zero attached hydrogens (tertiary/aromatic N) is 3. The fourth-order valence-corrected chi connectivity index (χ4v) is 5.37. The van der Waals surface area contributed by atoms with Crippen LogP contribution in [0.5, 0.6) is 5.75 Å². The molecule has 3 heterocycles. The number of rotatable bonds is 7. The van der Waals surface area contributed by atoms with Gasteiger partial charge in [0.05, 0.1) is 32.0 Å². The molecule has 2 aromatic rings. The lowest BCUT2D eigenvalue weighted by molar-refractivity contribution is -0.928. The van der Waals surface area contributed by atoms with Crippen LogP contribution < -0.4 is 20.8 Å². The molecule has 36 heavy (non-hydrogen) atoms. The number of aromatic carboxylic acids is 1. The number of hydrogen-bond donors (Lipinski definition) is 5. The number of carbonyl (C=O) groups is 2. The predicted molar refractivity (Wildman–Crippen MR) is 129 cm³/mol. The number of piperidine rings is 1. The van der Waals surface area contributed by atoms with Crippen molar-refractivity contribution < 1.29 is 39.2 Å². The average molecular weight is 517 g/mol. The van der Waals surface area contributed by atoms with Crippen LogP contribution in [0.1, 0.15) is 40.0 Å². The zero-order chi connectivity index (χ0) is 26.0. The molecular weight excluding hydrogens is 489 g/mol. The van der Waals surface area contributed by atoms with Gasteiger partial charge in [-0.15, -0.1) is 11.3 Å². The Morgan fingerprint density at radius 2 is 2.11 bits per heavy atom. The van der Waals surface area contributed by atoms with Crippen LogP contribution in [0.15, 0.2) is 22.7 Å². The molecule has 1 saturated heterocycles. The van der Waals surface area contributed by atoms with Gasteiger partial charge in [0, 0.05) is 36.0 Å². The normalized spacial score (nSPS) is 24.1. The van der Waals surface area contributed by atoms with E-state index in [9.17, 15) is 30.0 Å². The second kappa shape index (κ2) is 10.4. The van der Waals surface area contributed by atoms with Crippen LogP contribution in [0.2, 0.25) is 0 Å². The van der Waals surface area contributed by atoms with E-state index in [4.69, 9.17) is 10.4 Å². The number of benzene rings is 1. The number of aliphatic hydroxyl groups excluding tert-OH is 1. The van der Waals surface area contributed by atoms with Gasteiger partial charge in [0.2, 0.25) is 0 Å². The van der Waals surface area contributed by atoms with Crippen LogP contribution in [0, 0.1) is 5.92 Å². The number of amides is 1. The maximum absolute atomic E-state index is 12.7. The van der Waals surface area contributed by atoms with Gasteiger partial charge in [-0.25, -0.2) is 4.98 Å². The van der Waals surface area contributed by atoms with Crippen molar-refractivity contribution in [2.45, 2.75) is 31.7 Å². The molecule has 0 bridgehead atoms. The summed E-state index contributed by atoms with van der Waals surface area (Å²) in [5.41, 5.74) is 6.17. The SMILES string of the molecule is C[N+]1(Cc2ccc3c(c2C(=O)[O-])OB(O)[C@@H](NC(=O)/C(=N\O)c2csc(N)n2)C3)CCC(CO)CC1. The van der Waals surface area contributed by atoms with E-state index in [1.807, 2.05) is 7.05 Å². The van der Waals surface area contributed by atoms with E-state index in [1.165, 1.54) is 5.38 Å². The maximum Gasteiger partial charge on any atom is 0.547 e. The number of hydrogen-bond acceptors (Lipinski definition) is 11. The van der Waals surface area contributed by atoms with Crippen LogP contribution in [0.25, 0.3) is 0 Å². The lowest BCUT2D eigenvalue weighted by atomic mass is 9.72. The van der Waals surface area contributed by atoms with Crippen LogP contribution in [0.3, 0.4) is 0 Å². The van der Waals surface area contributed by atoms with Crippen LogP contribution in [0.4, 0.5) is 5.13 Å². The Labute approximate surface area is 211 Å². The molecule has 0 aliphatic carbocycles. The van der Waals surface area contributed by atoms with E-state index in [0.29, 0.717) is 22.2 Å². The average Bonchev–Trinajstić information content (AvgIpc) is 3.26. The third kappa shape index (κ3) is 5.31. The van der Waals surface area contributed by atoms with E-state index >= 15 is 0 Å². The summed E-state index contributed by atoms with van der Waals surface area (Å²) in [7, 11) is 0.490. The molecule has 1 fully saturated rings. The molecule has 4 rings (SSSR count). The van der Waals surface area contributed by atoms with Crippen molar-refractivity contribution in [3.63, 3.8) is 0 Å². The highest BCUT2D eigenvalue weighted by atomic mass is 32.1. The lowest BCUT2D eigenvalue weighted by Gasteiger charge is -2.41. The molecular formula is C22H28BN5O7S. The van der Waals surface area contributed by atoms with Crippen molar-refractivity contribution in [2.75, 3.05) is 32.5 Å². The van der Waals surface area contributed by atoms with Crippen molar-refractivity contribution in [2.24, 2.45) is 11.1 Å². The molecule has 0 radical (unpaired) electrons. The molecule has 192 valence electrons. The van der Waals surface area contributed by atoms with Gasteiger partial charge < -0.3 is 45.4 Å². The number of carboxylic acids is 1. The van der Waals surface area contributed by atoms with Gasteiger partial charge in [-0.1, -0.05) is 17.3 Å². The van der Waals surface area contributed by atoms with E-state index in [-0.39, 0.29) is 46.8 Å². The fourth-order valence-electron chi connectivity index (χ4n) is 4.82. The van der Waals surface area contributed by atoms with Crippen molar-refractivity contribution in [1.82, 2.24) is 10.3 Å². The minimum Gasteiger partial charge on any atom is -0.545 e. The number of aromatic nitrogens is 1. The quantitative estimate of drug-likeness (QED) is 0.0983. The largest absolute Gasteiger partial charge is 0.547 e. The summed E-state index contributed by atoms with van der Waals surface area (Å²) in [4.78, 5) is 28.7. The topological polar surface area (TPSA) is 190 Å². The highest BCUT2D eigenvalue weighted by Crippen LogP contribution is 2.34. The predicted octanol–water partition coefficient (Wildman–Crippen LogP) is -1.24. The second-order valence-corrected chi connectivity index (χ2v) is 10.4. The standard InChI is InChI=1S/C22H28BN5O7S/c1-28(6-4-12(10-29)5-7-28)9-14-3-2-13-8-16(23(33)35-19(13)17(14)21(31)32)26-20(30)18(27-34)15-11-36-22(24)25-15/h2-3,11-12,16,29,33H,4-10H2,1H3,(H4-,24,25,26,30,31,32,34)/t12?,16-,28?/m0/s1. The maximum atomic E-state index is 12.7. The number of nitrogen functional groups attached to an aromatic ring is 1. The first-order valence-corrected chi connectivity index (χ1v) is 12.4. The summed E-state index contributed by atoms with van der Waals surface area (Å²) < 4.78 is 6.21. The Morgan fingerprint density at radius 3 is 2.69 bits per heavy atom. The summed E-state index contributed by atoms with van der Waals surface area (Å²) in [6.07, 6.45) is 1.77. The van der Waals surface area contributed by atoms with E-state index < -0.39 is 24.9 Å². The summed E-state index contributed by atoms with van der Waals surface area (Å²) in [5, 5.41) is 48.7. The van der Waals surface area contributed by atoms with Gasteiger partial charge in [0.15, 0.2) is 10.8 Å². The van der Waals surface area contributed by atoms with E-state index in [1.54, 1.807) is 12.1 Å². The molecule has 1 aromatic carbocycles. The number of carbonyl (C=O) groups excluding carboxylic acids is 2. The van der Waals surface area contributed by atoms with Gasteiger partial charge in [-0.05, 0) is 17.9 Å². The molecule has 0 saturated carbocycles. The Kier molecular flexibility index (Phi) is 7.50. The Hall–Kier alpha value is -3.20. The molecule has 1 atom stereocenters. The number of nitrogens with two attached hydrogens (primary N) is 1. The number of thiazole rings is 1. The zero-order valence-electron chi connectivity index (χ0n) is 19.7. The number of fused-ring (bicyclic) bond motifs is 1. The smallest absolute Gasteiger partial charge is 0.545 e. The minimum absolute atomic E-state index is 0.0191. The van der Waals surface area contributed by atoms with Crippen LogP contribution in [-0.4, -0.2) is 82.2 Å². The monoisotopic (exact) mass is 517 g/mol. The molecule has 0 unspecified atom stereocenters. The van der Waals surface area contributed by atoms with Gasteiger partial charge in [-0.3, -0.25) is 4.79 Å². The highest BCUT2D eigenvalue weighted by Gasteiger charge is 2.39. The van der Waals surface area contributed by atoms with Gasteiger partial charge >= 0.3 is 7.12 Å². The Bertz CT molecular complexity index is 1180. The lowest BCUT2D eigenvalue weighted by Crippen LogP contribution is -2.55. The molecule has 0 spiro atoms. The number of anilines is 1. The van der Waals surface area contributed by atoms with Crippen molar-refractivity contribution in [3.8, 4) is 5.75 Å². The number of nitrogens with one attached hydrogen (secondary N) is 1.